The van der Waals surface area contributed by atoms with E-state index < -0.39 is 5.97 Å². The van der Waals surface area contributed by atoms with E-state index in [0.717, 1.165) is 38.5 Å². The molecular formula is C25H34O4. The number of rotatable bonds is 0. The third-order valence-electron chi connectivity index (χ3n) is 8.77. The second-order valence-electron chi connectivity index (χ2n) is 10.1. The fraction of sp³-hybridized carbons (Fsp3) is 0.720. The highest BCUT2D eigenvalue weighted by molar-refractivity contribution is 5.88. The van der Waals surface area contributed by atoms with E-state index in [0.29, 0.717) is 11.8 Å². The van der Waals surface area contributed by atoms with Gasteiger partial charge in [-0.25, -0.2) is 4.79 Å². The molecule has 158 valence electrons. The largest absolute Gasteiger partial charge is 0.459 e. The molecule has 4 aliphatic carbocycles. The van der Waals surface area contributed by atoms with E-state index in [-0.39, 0.29) is 34.9 Å². The summed E-state index contributed by atoms with van der Waals surface area (Å²) in [7, 11) is 1.36. The van der Waals surface area contributed by atoms with Crippen LogP contribution in [0.1, 0.15) is 59.3 Å². The lowest BCUT2D eigenvalue weighted by Crippen LogP contribution is -2.55. The number of hydrogen-bond donors (Lipinski definition) is 2. The van der Waals surface area contributed by atoms with Crippen molar-refractivity contribution >= 4 is 5.97 Å². The van der Waals surface area contributed by atoms with Gasteiger partial charge in [-0.05, 0) is 74.0 Å². The molecule has 1 unspecified atom stereocenters. The summed E-state index contributed by atoms with van der Waals surface area (Å²) in [5, 5.41) is 21.6. The van der Waals surface area contributed by atoms with E-state index in [2.05, 4.69) is 44.8 Å². The second-order valence-corrected chi connectivity index (χ2v) is 10.1. The van der Waals surface area contributed by atoms with Gasteiger partial charge in [0.05, 0.1) is 19.3 Å². The minimum absolute atomic E-state index is 0.0191. The zero-order chi connectivity index (χ0) is 21.0. The van der Waals surface area contributed by atoms with E-state index in [1.165, 1.54) is 18.3 Å². The van der Waals surface area contributed by atoms with Gasteiger partial charge in [-0.3, -0.25) is 0 Å². The minimum Gasteiger partial charge on any atom is -0.459 e. The summed E-state index contributed by atoms with van der Waals surface area (Å²) >= 11 is 0. The van der Waals surface area contributed by atoms with Crippen LogP contribution in [-0.4, -0.2) is 35.5 Å². The lowest BCUT2D eigenvalue weighted by molar-refractivity contribution is -0.133. The van der Waals surface area contributed by atoms with Gasteiger partial charge in [0.25, 0.3) is 0 Å². The first-order valence-electron chi connectivity index (χ1n) is 11.1. The summed E-state index contributed by atoms with van der Waals surface area (Å²) < 4.78 is 4.71. The molecule has 0 saturated heterocycles. The maximum absolute atomic E-state index is 11.6. The number of carbonyl (C=O) groups is 1. The van der Waals surface area contributed by atoms with Crippen molar-refractivity contribution in [1.82, 2.24) is 0 Å². The van der Waals surface area contributed by atoms with Crippen molar-refractivity contribution in [3.05, 3.63) is 23.3 Å². The number of hydrogen-bond acceptors (Lipinski definition) is 4. The van der Waals surface area contributed by atoms with Crippen LogP contribution in [0.25, 0.3) is 0 Å². The van der Waals surface area contributed by atoms with Crippen LogP contribution in [0.15, 0.2) is 23.3 Å². The smallest absolute Gasteiger partial charge is 0.384 e. The molecule has 2 N–H and O–H groups in total. The Hall–Kier alpha value is -1.57. The fourth-order valence-electron chi connectivity index (χ4n) is 7.53. The molecule has 0 spiro atoms. The third-order valence-corrected chi connectivity index (χ3v) is 8.77. The quantitative estimate of drug-likeness (QED) is 0.283. The van der Waals surface area contributed by atoms with Gasteiger partial charge in [-0.2, -0.15) is 0 Å². The van der Waals surface area contributed by atoms with Crippen molar-refractivity contribution in [3.8, 4) is 11.8 Å². The number of aliphatic hydroxyl groups is 2. The van der Waals surface area contributed by atoms with Crippen molar-refractivity contribution in [2.45, 2.75) is 71.5 Å². The number of ether oxygens (including phenoxy) is 1. The van der Waals surface area contributed by atoms with Gasteiger partial charge in [-0.15, -0.1) is 0 Å². The summed E-state index contributed by atoms with van der Waals surface area (Å²) in [6, 6.07) is 0. The Morgan fingerprint density at radius 2 is 2.07 bits per heavy atom. The molecule has 4 rings (SSSR count). The van der Waals surface area contributed by atoms with Gasteiger partial charge < -0.3 is 14.9 Å². The topological polar surface area (TPSA) is 66.8 Å². The Morgan fingerprint density at radius 3 is 2.76 bits per heavy atom. The van der Waals surface area contributed by atoms with Gasteiger partial charge >= 0.3 is 5.97 Å². The van der Waals surface area contributed by atoms with Crippen LogP contribution in [0, 0.1) is 46.3 Å². The van der Waals surface area contributed by atoms with Crippen LogP contribution in [0.3, 0.4) is 0 Å². The number of aliphatic hydroxyl groups excluding tert-OH is 2. The van der Waals surface area contributed by atoms with Crippen LogP contribution < -0.4 is 0 Å². The highest BCUT2D eigenvalue weighted by Crippen LogP contribution is 2.67. The lowest BCUT2D eigenvalue weighted by Gasteiger charge is -2.59. The molecule has 4 aliphatic rings. The maximum atomic E-state index is 11.6. The molecule has 0 aromatic heterocycles. The van der Waals surface area contributed by atoms with Crippen molar-refractivity contribution in [3.63, 3.8) is 0 Å². The first-order chi connectivity index (χ1) is 13.7. The van der Waals surface area contributed by atoms with Crippen molar-refractivity contribution < 1.29 is 19.7 Å². The molecule has 0 aromatic carbocycles. The van der Waals surface area contributed by atoms with Gasteiger partial charge in [0, 0.05) is 11.8 Å². The van der Waals surface area contributed by atoms with E-state index >= 15 is 0 Å². The van der Waals surface area contributed by atoms with Gasteiger partial charge in [0.1, 0.15) is 0 Å². The van der Waals surface area contributed by atoms with Crippen LogP contribution in [0.4, 0.5) is 0 Å². The predicted molar refractivity (Wildman–Crippen MR) is 112 cm³/mol. The molecule has 0 radical (unpaired) electrons. The van der Waals surface area contributed by atoms with Crippen molar-refractivity contribution in [2.24, 2.45) is 34.5 Å². The Labute approximate surface area is 174 Å². The van der Waals surface area contributed by atoms with Gasteiger partial charge in [0.2, 0.25) is 0 Å². The summed E-state index contributed by atoms with van der Waals surface area (Å²) in [6.45, 7) is 6.66. The second kappa shape index (κ2) is 7.29. The zero-order valence-electron chi connectivity index (χ0n) is 18.1. The molecule has 3 fully saturated rings. The third kappa shape index (κ3) is 3.09. The maximum Gasteiger partial charge on any atom is 0.384 e. The Kier molecular flexibility index (Phi) is 5.20. The van der Waals surface area contributed by atoms with Gasteiger partial charge in [-0.1, -0.05) is 43.1 Å². The average molecular weight is 399 g/mol. The number of esters is 1. The average Bonchev–Trinajstić information content (AvgIpc) is 2.97. The first kappa shape index (κ1) is 20.7. The summed E-state index contributed by atoms with van der Waals surface area (Å²) in [4.78, 5) is 11.6. The summed E-state index contributed by atoms with van der Waals surface area (Å²) in [5.74, 6) is 6.47. The van der Waals surface area contributed by atoms with Gasteiger partial charge in [0.15, 0.2) is 0 Å². The highest BCUT2D eigenvalue weighted by Gasteiger charge is 2.61. The SMILES string of the molecule is C/C=C1/C(C#CC(=O)OC)C[C@H]2[C@@H]3CC=C4C[C@@H](O)CC[C@]4(C)[C@H]3[C@@H](O)C[C@]12C. The molecule has 4 heteroatoms. The molecule has 8 atom stereocenters. The minimum atomic E-state index is -0.489. The highest BCUT2D eigenvalue weighted by atomic mass is 16.5. The van der Waals surface area contributed by atoms with Crippen LogP contribution in [0.2, 0.25) is 0 Å². The van der Waals surface area contributed by atoms with E-state index in [9.17, 15) is 15.0 Å². The molecule has 0 aliphatic heterocycles. The molecular weight excluding hydrogens is 364 g/mol. The van der Waals surface area contributed by atoms with Crippen LogP contribution in [-0.2, 0) is 9.53 Å². The Morgan fingerprint density at radius 1 is 1.31 bits per heavy atom. The number of allylic oxidation sites excluding steroid dienone is 3. The van der Waals surface area contributed by atoms with E-state index in [1.54, 1.807) is 0 Å². The van der Waals surface area contributed by atoms with Crippen molar-refractivity contribution in [1.29, 1.82) is 0 Å². The number of carbonyl (C=O) groups excluding carboxylic acids is 1. The first-order valence-corrected chi connectivity index (χ1v) is 11.1. The standard InChI is InChI=1S/C25H34O4/c1-5-19-15(6-9-22(28)29-4)12-20-18-8-7-16-13-17(26)10-11-24(16,2)23(18)21(27)14-25(19,20)3/h5,7,15,17-18,20-21,23,26-27H,8,10-14H2,1-4H3/b19-5-/t15?,17-,18-,20-,21-,23+,24-,25+/m0/s1. The van der Waals surface area contributed by atoms with Crippen LogP contribution in [0.5, 0.6) is 0 Å². The normalized spacial score (nSPS) is 47.2. The monoisotopic (exact) mass is 398 g/mol. The number of methoxy groups -OCH3 is 1. The summed E-state index contributed by atoms with van der Waals surface area (Å²) in [5.41, 5.74) is 2.52. The molecule has 0 amide bonds. The molecule has 4 nitrogen and oxygen atoms in total. The molecule has 3 saturated carbocycles. The molecule has 0 bridgehead atoms. The Balaban J connectivity index is 1.71. The predicted octanol–water partition coefficient (Wildman–Crippen LogP) is 3.63. The number of fused-ring (bicyclic) bond motifs is 5. The molecule has 0 heterocycles. The molecule has 29 heavy (non-hydrogen) atoms. The fourth-order valence-corrected chi connectivity index (χ4v) is 7.53. The summed E-state index contributed by atoms with van der Waals surface area (Å²) in [6.07, 6.45) is 9.11. The van der Waals surface area contributed by atoms with Crippen LogP contribution >= 0.6 is 0 Å². The van der Waals surface area contributed by atoms with Crippen molar-refractivity contribution in [2.75, 3.05) is 7.11 Å². The van der Waals surface area contributed by atoms with E-state index in [4.69, 9.17) is 4.74 Å². The lowest BCUT2D eigenvalue weighted by atomic mass is 9.47. The van der Waals surface area contributed by atoms with E-state index in [1.807, 2.05) is 0 Å². The zero-order valence-corrected chi connectivity index (χ0v) is 18.1. The Bertz CT molecular complexity index is 814. The molecule has 0 aromatic rings.